The van der Waals surface area contributed by atoms with E-state index in [-0.39, 0.29) is 11.4 Å². The number of hydrogen-bond acceptors (Lipinski definition) is 5. The number of phenols is 1. The van der Waals surface area contributed by atoms with Crippen LogP contribution in [0.5, 0.6) is 5.75 Å². The number of aromatic nitrogens is 3. The van der Waals surface area contributed by atoms with Gasteiger partial charge in [0, 0.05) is 23.2 Å². The minimum atomic E-state index is -0.131. The average Bonchev–Trinajstić information content (AvgIpc) is 2.88. The van der Waals surface area contributed by atoms with E-state index >= 15 is 0 Å². The molecule has 0 amide bonds. The average molecular weight is 264 g/mol. The molecule has 2 heterocycles. The normalized spacial score (nSPS) is 11.4. The molecule has 0 saturated carbocycles. The summed E-state index contributed by atoms with van der Waals surface area (Å²) in [4.78, 5) is 19.7. The SMILES string of the molecule is O=Nc1c(O)c2ccccc2c2nc3ncccn3c12. The summed E-state index contributed by atoms with van der Waals surface area (Å²) in [6.45, 7) is 0. The number of phenolic OH excluding ortho intramolecular Hbond substituents is 1. The van der Waals surface area contributed by atoms with Crippen LogP contribution in [0.25, 0.3) is 27.6 Å². The summed E-state index contributed by atoms with van der Waals surface area (Å²) in [5.41, 5.74) is 1.06. The van der Waals surface area contributed by atoms with Crippen LogP contribution in [-0.2, 0) is 0 Å². The van der Waals surface area contributed by atoms with Crippen LogP contribution >= 0.6 is 0 Å². The zero-order valence-corrected chi connectivity index (χ0v) is 10.2. The lowest BCUT2D eigenvalue weighted by Crippen LogP contribution is -1.86. The van der Waals surface area contributed by atoms with Crippen LogP contribution in [0.1, 0.15) is 0 Å². The Morgan fingerprint density at radius 1 is 1.15 bits per heavy atom. The first kappa shape index (κ1) is 10.9. The summed E-state index contributed by atoms with van der Waals surface area (Å²) in [7, 11) is 0. The number of nitrogens with zero attached hydrogens (tertiary/aromatic N) is 4. The van der Waals surface area contributed by atoms with Crippen molar-refractivity contribution in [3.05, 3.63) is 47.6 Å². The molecule has 0 radical (unpaired) electrons. The number of imidazole rings is 1. The summed E-state index contributed by atoms with van der Waals surface area (Å²) in [6, 6.07) is 8.95. The molecule has 0 spiro atoms. The first-order chi connectivity index (χ1) is 9.81. The van der Waals surface area contributed by atoms with Crippen LogP contribution in [-0.4, -0.2) is 19.5 Å². The molecule has 0 fully saturated rings. The molecule has 0 atom stereocenters. The quantitative estimate of drug-likeness (QED) is 0.535. The van der Waals surface area contributed by atoms with Gasteiger partial charge in [-0.2, -0.15) is 0 Å². The zero-order chi connectivity index (χ0) is 13.7. The van der Waals surface area contributed by atoms with Gasteiger partial charge < -0.3 is 5.11 Å². The monoisotopic (exact) mass is 264 g/mol. The van der Waals surface area contributed by atoms with E-state index in [9.17, 15) is 10.0 Å². The Balaban J connectivity index is 2.42. The van der Waals surface area contributed by atoms with E-state index in [1.165, 1.54) is 0 Å². The predicted molar refractivity (Wildman–Crippen MR) is 75.1 cm³/mol. The van der Waals surface area contributed by atoms with Crippen LogP contribution in [0.15, 0.2) is 47.9 Å². The third-order valence-electron chi connectivity index (χ3n) is 3.38. The molecule has 6 heteroatoms. The van der Waals surface area contributed by atoms with Crippen molar-refractivity contribution in [2.24, 2.45) is 5.18 Å². The van der Waals surface area contributed by atoms with Gasteiger partial charge in [0.1, 0.15) is 11.0 Å². The van der Waals surface area contributed by atoms with E-state index in [2.05, 4.69) is 15.1 Å². The Morgan fingerprint density at radius 3 is 2.75 bits per heavy atom. The van der Waals surface area contributed by atoms with Crippen LogP contribution in [0.3, 0.4) is 0 Å². The molecule has 0 bridgehead atoms. The number of rotatable bonds is 1. The highest BCUT2D eigenvalue weighted by Crippen LogP contribution is 2.42. The second kappa shape index (κ2) is 3.74. The zero-order valence-electron chi connectivity index (χ0n) is 10.2. The summed E-state index contributed by atoms with van der Waals surface area (Å²) in [5.74, 6) is 0.330. The van der Waals surface area contributed by atoms with Gasteiger partial charge in [0.15, 0.2) is 11.4 Å². The van der Waals surface area contributed by atoms with Gasteiger partial charge >= 0.3 is 0 Å². The molecule has 4 rings (SSSR count). The fourth-order valence-electron chi connectivity index (χ4n) is 2.52. The van der Waals surface area contributed by atoms with Crippen molar-refractivity contribution in [3.63, 3.8) is 0 Å². The van der Waals surface area contributed by atoms with Crippen LogP contribution in [0.4, 0.5) is 5.69 Å². The first-order valence-corrected chi connectivity index (χ1v) is 6.01. The molecule has 4 aromatic rings. The number of nitroso groups, excluding NO2 is 1. The van der Waals surface area contributed by atoms with Gasteiger partial charge in [0.2, 0.25) is 5.78 Å². The van der Waals surface area contributed by atoms with Crippen LogP contribution in [0, 0.1) is 4.91 Å². The highest BCUT2D eigenvalue weighted by atomic mass is 16.3. The molecule has 0 saturated heterocycles. The Bertz CT molecular complexity index is 991. The molecule has 0 aliphatic heterocycles. The molecule has 96 valence electrons. The van der Waals surface area contributed by atoms with Gasteiger partial charge in [0.05, 0.1) is 0 Å². The molecule has 0 unspecified atom stereocenters. The van der Waals surface area contributed by atoms with Crippen molar-refractivity contribution in [3.8, 4) is 5.75 Å². The fraction of sp³-hybridized carbons (Fsp3) is 0. The molecule has 0 aliphatic carbocycles. The maximum absolute atomic E-state index is 11.2. The van der Waals surface area contributed by atoms with Crippen molar-refractivity contribution in [1.29, 1.82) is 0 Å². The Kier molecular flexibility index (Phi) is 2.03. The minimum Gasteiger partial charge on any atom is -0.505 e. The molecule has 20 heavy (non-hydrogen) atoms. The van der Waals surface area contributed by atoms with Gasteiger partial charge in [-0.25, -0.2) is 9.97 Å². The lowest BCUT2D eigenvalue weighted by atomic mass is 10.1. The molecule has 0 aliphatic rings. The highest BCUT2D eigenvalue weighted by molar-refractivity contribution is 6.14. The largest absolute Gasteiger partial charge is 0.505 e. The van der Waals surface area contributed by atoms with Crippen LogP contribution < -0.4 is 0 Å². The van der Waals surface area contributed by atoms with Crippen molar-refractivity contribution in [2.75, 3.05) is 0 Å². The van der Waals surface area contributed by atoms with E-state index in [1.54, 1.807) is 35.0 Å². The number of benzene rings is 2. The number of hydrogen-bond donors (Lipinski definition) is 1. The van der Waals surface area contributed by atoms with Gasteiger partial charge in [-0.15, -0.1) is 4.91 Å². The maximum Gasteiger partial charge on any atom is 0.234 e. The molecule has 2 aromatic carbocycles. The van der Waals surface area contributed by atoms with E-state index in [0.29, 0.717) is 22.2 Å². The Labute approximate surface area is 112 Å². The minimum absolute atomic E-state index is 0.0146. The summed E-state index contributed by atoms with van der Waals surface area (Å²) in [6.07, 6.45) is 3.36. The lowest BCUT2D eigenvalue weighted by Gasteiger charge is -2.05. The molecule has 1 N–H and O–H groups in total. The van der Waals surface area contributed by atoms with Crippen molar-refractivity contribution < 1.29 is 5.11 Å². The third kappa shape index (κ3) is 1.22. The van der Waals surface area contributed by atoms with E-state index in [4.69, 9.17) is 0 Å². The van der Waals surface area contributed by atoms with Crippen molar-refractivity contribution in [1.82, 2.24) is 14.4 Å². The molecule has 2 aromatic heterocycles. The molecular formula is C14H8N4O2. The summed E-state index contributed by atoms with van der Waals surface area (Å²) >= 11 is 0. The van der Waals surface area contributed by atoms with Crippen molar-refractivity contribution in [2.45, 2.75) is 0 Å². The van der Waals surface area contributed by atoms with Gasteiger partial charge in [-0.3, -0.25) is 4.40 Å². The molecular weight excluding hydrogens is 256 g/mol. The van der Waals surface area contributed by atoms with Gasteiger partial charge in [-0.1, -0.05) is 24.3 Å². The third-order valence-corrected chi connectivity index (χ3v) is 3.38. The summed E-state index contributed by atoms with van der Waals surface area (Å²) in [5, 5.41) is 14.6. The second-order valence-corrected chi connectivity index (χ2v) is 4.43. The Hall–Kier alpha value is -3.02. The van der Waals surface area contributed by atoms with E-state index in [0.717, 1.165) is 5.39 Å². The molecule has 6 nitrogen and oxygen atoms in total. The topological polar surface area (TPSA) is 79.8 Å². The van der Waals surface area contributed by atoms with E-state index < -0.39 is 0 Å². The smallest absolute Gasteiger partial charge is 0.234 e. The fourth-order valence-corrected chi connectivity index (χ4v) is 2.52. The number of aromatic hydroxyl groups is 1. The van der Waals surface area contributed by atoms with Gasteiger partial charge in [0.25, 0.3) is 0 Å². The predicted octanol–water partition coefficient (Wildman–Crippen LogP) is 3.14. The van der Waals surface area contributed by atoms with Gasteiger partial charge in [-0.05, 0) is 11.2 Å². The standard InChI is InChI=1S/C14H8N4O2/c19-13-9-5-2-1-4-8(9)10-12(11(13)17-20)18-7-3-6-15-14(18)16-10/h1-7,19H. The second-order valence-electron chi connectivity index (χ2n) is 4.43. The summed E-state index contributed by atoms with van der Waals surface area (Å²) < 4.78 is 1.65. The Morgan fingerprint density at radius 2 is 1.95 bits per heavy atom. The number of fused-ring (bicyclic) bond motifs is 5. The first-order valence-electron chi connectivity index (χ1n) is 6.01. The van der Waals surface area contributed by atoms with E-state index in [1.807, 2.05) is 12.1 Å². The highest BCUT2D eigenvalue weighted by Gasteiger charge is 2.19. The van der Waals surface area contributed by atoms with Crippen molar-refractivity contribution >= 4 is 33.3 Å². The van der Waals surface area contributed by atoms with Crippen LogP contribution in [0.2, 0.25) is 0 Å². The maximum atomic E-state index is 11.2. The lowest BCUT2D eigenvalue weighted by molar-refractivity contribution is 0.483.